The van der Waals surface area contributed by atoms with E-state index in [1.165, 1.54) is 25.7 Å². The van der Waals surface area contributed by atoms with Crippen LogP contribution in [0.5, 0.6) is 0 Å². The molecule has 0 aromatic carbocycles. The Balaban J connectivity index is 2.07. The van der Waals surface area contributed by atoms with Gasteiger partial charge in [0.05, 0.1) is 12.6 Å². The molecule has 1 fully saturated rings. The molecule has 0 heterocycles. The number of rotatable bonds is 4. The van der Waals surface area contributed by atoms with Crippen molar-refractivity contribution in [3.8, 4) is 0 Å². The molecule has 0 aromatic heterocycles. The van der Waals surface area contributed by atoms with E-state index in [4.69, 9.17) is 4.74 Å². The van der Waals surface area contributed by atoms with E-state index in [1.54, 1.807) is 0 Å². The highest BCUT2D eigenvalue weighted by Crippen LogP contribution is 2.17. The lowest BCUT2D eigenvalue weighted by atomic mass is 10.2. The lowest BCUT2D eigenvalue weighted by molar-refractivity contribution is -0.146. The van der Waals surface area contributed by atoms with Gasteiger partial charge in [-0.25, -0.2) is 0 Å². The highest BCUT2D eigenvalue weighted by molar-refractivity contribution is 5.71. The van der Waals surface area contributed by atoms with Gasteiger partial charge in [-0.05, 0) is 26.7 Å². The van der Waals surface area contributed by atoms with E-state index in [9.17, 15) is 4.79 Å². The highest BCUT2D eigenvalue weighted by atomic mass is 16.5. The van der Waals surface area contributed by atoms with Crippen molar-refractivity contribution >= 4 is 5.97 Å². The Hall–Kier alpha value is -0.570. The second-order valence-electron chi connectivity index (χ2n) is 3.90. The predicted molar refractivity (Wildman–Crippen MR) is 51.5 cm³/mol. The van der Waals surface area contributed by atoms with Crippen LogP contribution in [0.2, 0.25) is 0 Å². The van der Waals surface area contributed by atoms with Crippen LogP contribution >= 0.6 is 0 Å². The normalized spacial score (nSPS) is 18.1. The molecule has 0 radical (unpaired) electrons. The topological polar surface area (TPSA) is 38.3 Å². The Labute approximate surface area is 79.8 Å². The van der Waals surface area contributed by atoms with E-state index in [-0.39, 0.29) is 12.1 Å². The average molecular weight is 185 g/mol. The van der Waals surface area contributed by atoms with Gasteiger partial charge in [-0.15, -0.1) is 0 Å². The number of carbonyl (C=O) groups is 1. The molecule has 0 amide bonds. The molecule has 3 heteroatoms. The summed E-state index contributed by atoms with van der Waals surface area (Å²) in [5.41, 5.74) is 0. The zero-order chi connectivity index (χ0) is 9.68. The van der Waals surface area contributed by atoms with Crippen molar-refractivity contribution in [2.75, 3.05) is 6.54 Å². The smallest absolute Gasteiger partial charge is 0.320 e. The van der Waals surface area contributed by atoms with Crippen molar-refractivity contribution in [3.63, 3.8) is 0 Å². The molecular formula is C10H19NO2. The van der Waals surface area contributed by atoms with Crippen LogP contribution in [0.1, 0.15) is 39.5 Å². The maximum absolute atomic E-state index is 11.1. The molecule has 1 saturated carbocycles. The van der Waals surface area contributed by atoms with Crippen LogP contribution in [0.4, 0.5) is 0 Å². The van der Waals surface area contributed by atoms with Crippen LogP contribution in [-0.4, -0.2) is 24.7 Å². The van der Waals surface area contributed by atoms with Crippen molar-refractivity contribution in [1.29, 1.82) is 0 Å². The largest absolute Gasteiger partial charge is 0.462 e. The molecule has 0 aromatic rings. The van der Waals surface area contributed by atoms with Crippen LogP contribution in [-0.2, 0) is 9.53 Å². The number of hydrogen-bond acceptors (Lipinski definition) is 3. The first-order chi connectivity index (χ1) is 6.18. The van der Waals surface area contributed by atoms with E-state index in [1.807, 2.05) is 13.8 Å². The molecule has 0 atom stereocenters. The second-order valence-corrected chi connectivity index (χ2v) is 3.90. The first-order valence-electron chi connectivity index (χ1n) is 5.11. The summed E-state index contributed by atoms with van der Waals surface area (Å²) in [6, 6.07) is 0.541. The zero-order valence-electron chi connectivity index (χ0n) is 8.51. The van der Waals surface area contributed by atoms with Gasteiger partial charge in [-0.2, -0.15) is 0 Å². The quantitative estimate of drug-likeness (QED) is 0.674. The molecule has 1 aliphatic rings. The molecule has 76 valence electrons. The second kappa shape index (κ2) is 5.22. The minimum atomic E-state index is -0.137. The molecule has 0 spiro atoms. The number of nitrogens with one attached hydrogen (secondary N) is 1. The summed E-state index contributed by atoms with van der Waals surface area (Å²) in [5.74, 6) is -0.137. The van der Waals surface area contributed by atoms with Gasteiger partial charge < -0.3 is 10.1 Å². The molecule has 0 bridgehead atoms. The van der Waals surface area contributed by atoms with Gasteiger partial charge in [0.25, 0.3) is 0 Å². The lowest BCUT2D eigenvalue weighted by Gasteiger charge is -2.12. The summed E-state index contributed by atoms with van der Waals surface area (Å²) in [6.07, 6.45) is 4.98. The Morgan fingerprint density at radius 3 is 2.62 bits per heavy atom. The standard InChI is InChI=1S/C10H19NO2/c1-8(2)13-10(12)7-11-9-5-3-4-6-9/h8-9,11H,3-7H2,1-2H3. The molecule has 1 N–H and O–H groups in total. The van der Waals surface area contributed by atoms with Crippen molar-refractivity contribution in [2.24, 2.45) is 0 Å². The Morgan fingerprint density at radius 2 is 2.08 bits per heavy atom. The summed E-state index contributed by atoms with van der Waals surface area (Å²) in [4.78, 5) is 11.1. The van der Waals surface area contributed by atoms with Gasteiger partial charge in [0, 0.05) is 6.04 Å². The monoisotopic (exact) mass is 185 g/mol. The van der Waals surface area contributed by atoms with E-state index >= 15 is 0 Å². The van der Waals surface area contributed by atoms with Crippen LogP contribution in [0, 0.1) is 0 Å². The van der Waals surface area contributed by atoms with E-state index in [0.29, 0.717) is 12.6 Å². The molecule has 0 unspecified atom stereocenters. The third-order valence-electron chi connectivity index (χ3n) is 2.26. The Bertz CT molecular complexity index is 162. The van der Waals surface area contributed by atoms with Crippen molar-refractivity contribution in [2.45, 2.75) is 51.7 Å². The summed E-state index contributed by atoms with van der Waals surface area (Å²) < 4.78 is 5.01. The van der Waals surface area contributed by atoms with Gasteiger partial charge in [0.15, 0.2) is 0 Å². The first-order valence-corrected chi connectivity index (χ1v) is 5.11. The first kappa shape index (κ1) is 10.5. The third-order valence-corrected chi connectivity index (χ3v) is 2.26. The third kappa shape index (κ3) is 4.27. The SMILES string of the molecule is CC(C)OC(=O)CNC1CCCC1. The van der Waals surface area contributed by atoms with E-state index in [0.717, 1.165) is 0 Å². The fourth-order valence-electron chi connectivity index (χ4n) is 1.66. The lowest BCUT2D eigenvalue weighted by Crippen LogP contribution is -2.33. The van der Waals surface area contributed by atoms with Crippen LogP contribution in [0.25, 0.3) is 0 Å². The molecule has 0 aliphatic heterocycles. The van der Waals surface area contributed by atoms with Crippen LogP contribution in [0.15, 0.2) is 0 Å². The van der Waals surface area contributed by atoms with Gasteiger partial charge >= 0.3 is 5.97 Å². The molecule has 1 aliphatic carbocycles. The molecule has 0 saturated heterocycles. The fraction of sp³-hybridized carbons (Fsp3) is 0.900. The van der Waals surface area contributed by atoms with E-state index < -0.39 is 0 Å². The Morgan fingerprint density at radius 1 is 1.46 bits per heavy atom. The number of ether oxygens (including phenoxy) is 1. The number of esters is 1. The fourth-order valence-corrected chi connectivity index (χ4v) is 1.66. The van der Waals surface area contributed by atoms with Crippen molar-refractivity contribution < 1.29 is 9.53 Å². The Kier molecular flexibility index (Phi) is 4.22. The van der Waals surface area contributed by atoms with E-state index in [2.05, 4.69) is 5.32 Å². The van der Waals surface area contributed by atoms with Gasteiger partial charge in [-0.1, -0.05) is 12.8 Å². The summed E-state index contributed by atoms with van der Waals surface area (Å²) >= 11 is 0. The molecule has 13 heavy (non-hydrogen) atoms. The predicted octanol–water partition coefficient (Wildman–Crippen LogP) is 1.47. The van der Waals surface area contributed by atoms with Gasteiger partial charge in [0.2, 0.25) is 0 Å². The zero-order valence-corrected chi connectivity index (χ0v) is 8.51. The summed E-state index contributed by atoms with van der Waals surface area (Å²) in [7, 11) is 0. The van der Waals surface area contributed by atoms with Gasteiger partial charge in [0.1, 0.15) is 0 Å². The number of carbonyl (C=O) groups excluding carboxylic acids is 1. The minimum absolute atomic E-state index is 0.00196. The maximum atomic E-state index is 11.1. The van der Waals surface area contributed by atoms with Crippen molar-refractivity contribution in [1.82, 2.24) is 5.32 Å². The van der Waals surface area contributed by atoms with Crippen LogP contribution < -0.4 is 5.32 Å². The van der Waals surface area contributed by atoms with Crippen LogP contribution in [0.3, 0.4) is 0 Å². The molecular weight excluding hydrogens is 166 g/mol. The molecule has 3 nitrogen and oxygen atoms in total. The molecule has 1 rings (SSSR count). The highest BCUT2D eigenvalue weighted by Gasteiger charge is 2.15. The summed E-state index contributed by atoms with van der Waals surface area (Å²) in [6.45, 7) is 4.10. The minimum Gasteiger partial charge on any atom is -0.462 e. The maximum Gasteiger partial charge on any atom is 0.320 e. The average Bonchev–Trinajstić information content (AvgIpc) is 2.51. The number of hydrogen-bond donors (Lipinski definition) is 1. The van der Waals surface area contributed by atoms with Gasteiger partial charge in [-0.3, -0.25) is 4.79 Å². The summed E-state index contributed by atoms with van der Waals surface area (Å²) in [5, 5.41) is 3.21. The van der Waals surface area contributed by atoms with Crippen molar-refractivity contribution in [3.05, 3.63) is 0 Å².